The third-order valence-corrected chi connectivity index (χ3v) is 3.08. The first-order chi connectivity index (χ1) is 11.3. The molecule has 122 valence electrons. The SMILES string of the molecule is Cc1cc(C(=O)Nc2nc(C#N)c(C#N)[nH]2)cc(C)c1OC(F)F. The lowest BCUT2D eigenvalue weighted by Gasteiger charge is -2.13. The first kappa shape index (κ1) is 16.9. The number of aromatic nitrogens is 2. The summed E-state index contributed by atoms with van der Waals surface area (Å²) < 4.78 is 29.2. The average molecular weight is 331 g/mol. The van der Waals surface area contributed by atoms with E-state index in [0.717, 1.165) is 0 Å². The highest BCUT2D eigenvalue weighted by molar-refractivity contribution is 6.03. The molecule has 1 heterocycles. The van der Waals surface area contributed by atoms with Gasteiger partial charge in [-0.1, -0.05) is 0 Å². The van der Waals surface area contributed by atoms with Gasteiger partial charge in [0, 0.05) is 5.56 Å². The largest absolute Gasteiger partial charge is 0.434 e. The number of hydrogen-bond acceptors (Lipinski definition) is 5. The number of aryl methyl sites for hydroxylation is 2. The van der Waals surface area contributed by atoms with Gasteiger partial charge in [0.05, 0.1) is 0 Å². The smallest absolute Gasteiger partial charge is 0.387 e. The average Bonchev–Trinajstić information content (AvgIpc) is 2.92. The molecule has 0 bridgehead atoms. The lowest BCUT2D eigenvalue weighted by atomic mass is 10.1. The van der Waals surface area contributed by atoms with Gasteiger partial charge in [0.2, 0.25) is 5.95 Å². The standard InChI is InChI=1S/C15H11F2N5O2/c1-7-3-9(4-8(2)12(7)24-14(16)17)13(23)22-15-20-10(5-18)11(6-19)21-15/h3-4,14H,1-2H3,(H2,20,21,22,23). The van der Waals surface area contributed by atoms with Crippen molar-refractivity contribution in [1.82, 2.24) is 9.97 Å². The zero-order valence-corrected chi connectivity index (χ0v) is 12.6. The van der Waals surface area contributed by atoms with Crippen molar-refractivity contribution >= 4 is 11.9 Å². The highest BCUT2D eigenvalue weighted by Gasteiger charge is 2.17. The summed E-state index contributed by atoms with van der Waals surface area (Å²) in [6.45, 7) is 0.116. The zero-order valence-electron chi connectivity index (χ0n) is 12.6. The van der Waals surface area contributed by atoms with E-state index >= 15 is 0 Å². The molecule has 0 saturated carbocycles. The van der Waals surface area contributed by atoms with Gasteiger partial charge in [-0.25, -0.2) is 4.98 Å². The minimum absolute atomic E-state index is 0.0121. The number of carbonyl (C=O) groups excluding carboxylic acids is 1. The second-order valence-corrected chi connectivity index (χ2v) is 4.80. The van der Waals surface area contributed by atoms with Gasteiger partial charge in [0.1, 0.15) is 17.9 Å². The molecule has 9 heteroatoms. The monoisotopic (exact) mass is 331 g/mol. The van der Waals surface area contributed by atoms with Gasteiger partial charge in [-0.3, -0.25) is 10.1 Å². The van der Waals surface area contributed by atoms with Gasteiger partial charge < -0.3 is 9.72 Å². The molecule has 0 atom stereocenters. The Morgan fingerprint density at radius 3 is 2.38 bits per heavy atom. The Bertz CT molecular complexity index is 822. The Morgan fingerprint density at radius 1 is 1.29 bits per heavy atom. The van der Waals surface area contributed by atoms with Crippen LogP contribution < -0.4 is 10.1 Å². The van der Waals surface area contributed by atoms with Crippen LogP contribution in [-0.4, -0.2) is 22.5 Å². The molecule has 0 radical (unpaired) electrons. The first-order valence-electron chi connectivity index (χ1n) is 6.63. The number of imidazole rings is 1. The summed E-state index contributed by atoms with van der Waals surface area (Å²) in [6, 6.07) is 6.24. The molecule has 0 unspecified atom stereocenters. The molecule has 0 spiro atoms. The summed E-state index contributed by atoms with van der Waals surface area (Å²) in [6.07, 6.45) is 0. The molecule has 7 nitrogen and oxygen atoms in total. The Morgan fingerprint density at radius 2 is 1.92 bits per heavy atom. The topological polar surface area (TPSA) is 115 Å². The number of amides is 1. The number of nitriles is 2. The fourth-order valence-corrected chi connectivity index (χ4v) is 2.13. The summed E-state index contributed by atoms with van der Waals surface area (Å²) in [5.74, 6) is -0.623. The number of halogens is 2. The number of hydrogen-bond donors (Lipinski definition) is 2. The van der Waals surface area contributed by atoms with E-state index in [2.05, 4.69) is 20.0 Å². The number of ether oxygens (including phenoxy) is 1. The van der Waals surface area contributed by atoms with Crippen molar-refractivity contribution < 1.29 is 18.3 Å². The van der Waals surface area contributed by atoms with E-state index in [1.54, 1.807) is 12.1 Å². The Hall–Kier alpha value is -3.46. The fourth-order valence-electron chi connectivity index (χ4n) is 2.13. The number of benzene rings is 1. The molecule has 1 amide bonds. The van der Waals surface area contributed by atoms with Crippen molar-refractivity contribution in [3.8, 4) is 17.9 Å². The van der Waals surface area contributed by atoms with Crippen LogP contribution in [0.2, 0.25) is 0 Å². The quantitative estimate of drug-likeness (QED) is 0.893. The van der Waals surface area contributed by atoms with Gasteiger partial charge >= 0.3 is 6.61 Å². The molecule has 0 aliphatic rings. The maximum Gasteiger partial charge on any atom is 0.387 e. The number of nitrogens with one attached hydrogen (secondary N) is 2. The number of anilines is 1. The molecule has 2 aromatic rings. The molecule has 1 aromatic heterocycles. The number of nitrogens with zero attached hydrogens (tertiary/aromatic N) is 3. The van der Waals surface area contributed by atoms with Crippen LogP contribution in [0.1, 0.15) is 32.9 Å². The molecule has 0 fully saturated rings. The number of carbonyl (C=O) groups is 1. The van der Waals surface area contributed by atoms with Crippen molar-refractivity contribution in [2.75, 3.05) is 5.32 Å². The second kappa shape index (κ2) is 6.75. The predicted octanol–water partition coefficient (Wildman–Crippen LogP) is 2.62. The van der Waals surface area contributed by atoms with Crippen molar-refractivity contribution in [1.29, 1.82) is 10.5 Å². The van der Waals surface area contributed by atoms with Crippen molar-refractivity contribution in [2.24, 2.45) is 0 Å². The maximum atomic E-state index is 12.4. The number of H-pyrrole nitrogens is 1. The van der Waals surface area contributed by atoms with Crippen LogP contribution in [0.15, 0.2) is 12.1 Å². The molecule has 0 saturated heterocycles. The first-order valence-corrected chi connectivity index (χ1v) is 6.63. The van der Waals surface area contributed by atoms with E-state index in [4.69, 9.17) is 10.5 Å². The summed E-state index contributed by atoms with van der Waals surface area (Å²) in [4.78, 5) is 18.5. The lowest BCUT2D eigenvalue weighted by Crippen LogP contribution is -2.14. The van der Waals surface area contributed by atoms with E-state index in [0.29, 0.717) is 11.1 Å². The second-order valence-electron chi connectivity index (χ2n) is 4.80. The Kier molecular flexibility index (Phi) is 4.76. The Balaban J connectivity index is 2.26. The molecular weight excluding hydrogens is 320 g/mol. The summed E-state index contributed by atoms with van der Waals surface area (Å²) in [5.41, 5.74) is 0.729. The van der Waals surface area contributed by atoms with Crippen LogP contribution >= 0.6 is 0 Å². The predicted molar refractivity (Wildman–Crippen MR) is 78.5 cm³/mol. The van der Waals surface area contributed by atoms with Gasteiger partial charge in [0.25, 0.3) is 5.91 Å². The highest BCUT2D eigenvalue weighted by Crippen LogP contribution is 2.26. The van der Waals surface area contributed by atoms with Crippen LogP contribution in [0.25, 0.3) is 0 Å². The van der Waals surface area contributed by atoms with Crippen LogP contribution in [0.3, 0.4) is 0 Å². The summed E-state index contributed by atoms with van der Waals surface area (Å²) in [5, 5.41) is 20.1. The number of alkyl halides is 2. The van der Waals surface area contributed by atoms with Crippen LogP contribution in [-0.2, 0) is 0 Å². The molecule has 0 aliphatic carbocycles. The number of rotatable bonds is 4. The third-order valence-electron chi connectivity index (χ3n) is 3.08. The third kappa shape index (κ3) is 3.47. The minimum atomic E-state index is -2.96. The van der Waals surface area contributed by atoms with Crippen molar-refractivity contribution in [2.45, 2.75) is 20.5 Å². The maximum absolute atomic E-state index is 12.4. The van der Waals surface area contributed by atoms with E-state index in [1.807, 2.05) is 0 Å². The van der Waals surface area contributed by atoms with Gasteiger partial charge in [0.15, 0.2) is 11.4 Å². The van der Waals surface area contributed by atoms with Crippen LogP contribution in [0.5, 0.6) is 5.75 Å². The van der Waals surface area contributed by atoms with E-state index < -0.39 is 12.5 Å². The van der Waals surface area contributed by atoms with Gasteiger partial charge in [-0.05, 0) is 37.1 Å². The lowest BCUT2D eigenvalue weighted by molar-refractivity contribution is -0.0507. The molecule has 24 heavy (non-hydrogen) atoms. The summed E-state index contributed by atoms with van der Waals surface area (Å²) >= 11 is 0. The van der Waals surface area contributed by atoms with Crippen LogP contribution in [0, 0.1) is 36.5 Å². The fraction of sp³-hybridized carbons (Fsp3) is 0.200. The van der Waals surface area contributed by atoms with Crippen molar-refractivity contribution in [3.05, 3.63) is 40.2 Å². The van der Waals surface area contributed by atoms with Crippen molar-refractivity contribution in [3.63, 3.8) is 0 Å². The zero-order chi connectivity index (χ0) is 17.9. The summed E-state index contributed by atoms with van der Waals surface area (Å²) in [7, 11) is 0. The molecule has 1 aromatic carbocycles. The molecular formula is C15H11F2N5O2. The van der Waals surface area contributed by atoms with Gasteiger partial charge in [-0.2, -0.15) is 19.3 Å². The molecule has 2 rings (SSSR count). The normalized spacial score (nSPS) is 10.1. The van der Waals surface area contributed by atoms with E-state index in [1.165, 1.54) is 26.0 Å². The van der Waals surface area contributed by atoms with E-state index in [-0.39, 0.29) is 28.6 Å². The van der Waals surface area contributed by atoms with Crippen LogP contribution in [0.4, 0.5) is 14.7 Å². The molecule has 2 N–H and O–H groups in total. The van der Waals surface area contributed by atoms with Gasteiger partial charge in [-0.15, -0.1) is 0 Å². The molecule has 0 aliphatic heterocycles. The number of aromatic amines is 1. The minimum Gasteiger partial charge on any atom is -0.434 e. The van der Waals surface area contributed by atoms with E-state index in [9.17, 15) is 13.6 Å². The highest BCUT2D eigenvalue weighted by atomic mass is 19.3. The Labute approximate surface area is 135 Å².